The van der Waals surface area contributed by atoms with Crippen molar-refractivity contribution in [1.82, 2.24) is 4.90 Å². The molecule has 1 saturated heterocycles. The second-order valence-corrected chi connectivity index (χ2v) is 4.58. The molecule has 5 nitrogen and oxygen atoms in total. The van der Waals surface area contributed by atoms with Gasteiger partial charge >= 0.3 is 0 Å². The van der Waals surface area contributed by atoms with E-state index >= 15 is 0 Å². The SMILES string of the molecule is Nc1cc2c(cc1CN1CCOCC1)OCCO2. The van der Waals surface area contributed by atoms with Gasteiger partial charge in [0.1, 0.15) is 13.2 Å². The van der Waals surface area contributed by atoms with Crippen LogP contribution in [-0.4, -0.2) is 44.4 Å². The van der Waals surface area contributed by atoms with Gasteiger partial charge in [-0.15, -0.1) is 0 Å². The fourth-order valence-corrected chi connectivity index (χ4v) is 2.28. The molecule has 0 bridgehead atoms. The van der Waals surface area contributed by atoms with Crippen molar-refractivity contribution in [2.75, 3.05) is 45.3 Å². The Kier molecular flexibility index (Phi) is 3.25. The van der Waals surface area contributed by atoms with Crippen LogP contribution >= 0.6 is 0 Å². The summed E-state index contributed by atoms with van der Waals surface area (Å²) >= 11 is 0. The summed E-state index contributed by atoms with van der Waals surface area (Å²) in [6.07, 6.45) is 0. The third-order valence-corrected chi connectivity index (χ3v) is 3.30. The Labute approximate surface area is 106 Å². The largest absolute Gasteiger partial charge is 0.486 e. The molecule has 0 unspecified atom stereocenters. The molecule has 1 aromatic rings. The third kappa shape index (κ3) is 2.37. The topological polar surface area (TPSA) is 57.0 Å². The van der Waals surface area contributed by atoms with Gasteiger partial charge in [0.25, 0.3) is 0 Å². The van der Waals surface area contributed by atoms with Crippen LogP contribution in [-0.2, 0) is 11.3 Å². The van der Waals surface area contributed by atoms with Crippen LogP contribution in [0, 0.1) is 0 Å². The molecule has 18 heavy (non-hydrogen) atoms. The maximum atomic E-state index is 6.07. The number of benzene rings is 1. The summed E-state index contributed by atoms with van der Waals surface area (Å²) in [5.41, 5.74) is 7.94. The van der Waals surface area contributed by atoms with Gasteiger partial charge in [0.15, 0.2) is 11.5 Å². The molecule has 0 amide bonds. The van der Waals surface area contributed by atoms with Crippen molar-refractivity contribution in [1.29, 1.82) is 0 Å². The van der Waals surface area contributed by atoms with E-state index in [0.717, 1.165) is 55.6 Å². The Morgan fingerprint density at radius 1 is 1.00 bits per heavy atom. The minimum atomic E-state index is 0.593. The highest BCUT2D eigenvalue weighted by atomic mass is 16.6. The van der Waals surface area contributed by atoms with Crippen molar-refractivity contribution in [2.24, 2.45) is 0 Å². The molecule has 0 radical (unpaired) electrons. The molecule has 2 aliphatic heterocycles. The molecule has 0 aromatic heterocycles. The van der Waals surface area contributed by atoms with Gasteiger partial charge < -0.3 is 19.9 Å². The lowest BCUT2D eigenvalue weighted by Gasteiger charge is -2.28. The van der Waals surface area contributed by atoms with Crippen LogP contribution in [0.25, 0.3) is 0 Å². The quantitative estimate of drug-likeness (QED) is 0.789. The average molecular weight is 250 g/mol. The molecule has 1 fully saturated rings. The lowest BCUT2D eigenvalue weighted by molar-refractivity contribution is 0.0342. The number of hydrogen-bond acceptors (Lipinski definition) is 5. The monoisotopic (exact) mass is 250 g/mol. The molecule has 2 heterocycles. The summed E-state index contributed by atoms with van der Waals surface area (Å²) in [5, 5.41) is 0. The molecular formula is C13H18N2O3. The van der Waals surface area contributed by atoms with Crippen LogP contribution in [0.1, 0.15) is 5.56 Å². The summed E-state index contributed by atoms with van der Waals surface area (Å²) in [5.74, 6) is 1.56. The normalized spacial score (nSPS) is 19.8. The number of nitrogens with zero attached hydrogens (tertiary/aromatic N) is 1. The van der Waals surface area contributed by atoms with Crippen LogP contribution in [0.2, 0.25) is 0 Å². The molecule has 2 N–H and O–H groups in total. The number of anilines is 1. The van der Waals surface area contributed by atoms with Crippen molar-refractivity contribution in [3.63, 3.8) is 0 Å². The maximum Gasteiger partial charge on any atom is 0.163 e. The first-order chi connectivity index (χ1) is 8.83. The summed E-state index contributed by atoms with van der Waals surface area (Å²) < 4.78 is 16.4. The number of rotatable bonds is 2. The average Bonchev–Trinajstić information content (AvgIpc) is 2.41. The van der Waals surface area contributed by atoms with Crippen LogP contribution < -0.4 is 15.2 Å². The van der Waals surface area contributed by atoms with Crippen LogP contribution in [0.15, 0.2) is 12.1 Å². The van der Waals surface area contributed by atoms with E-state index in [1.807, 2.05) is 12.1 Å². The second kappa shape index (κ2) is 5.04. The van der Waals surface area contributed by atoms with Gasteiger partial charge in [-0.1, -0.05) is 0 Å². The Morgan fingerprint density at radius 2 is 1.67 bits per heavy atom. The minimum absolute atomic E-state index is 0.593. The number of hydrogen-bond donors (Lipinski definition) is 1. The zero-order valence-electron chi connectivity index (χ0n) is 10.4. The fourth-order valence-electron chi connectivity index (χ4n) is 2.28. The summed E-state index contributed by atoms with van der Waals surface area (Å²) in [6.45, 7) is 5.53. The van der Waals surface area contributed by atoms with Gasteiger partial charge in [-0.3, -0.25) is 4.90 Å². The number of nitrogen functional groups attached to an aromatic ring is 1. The Balaban J connectivity index is 1.78. The smallest absolute Gasteiger partial charge is 0.163 e. The van der Waals surface area contributed by atoms with E-state index in [1.54, 1.807) is 0 Å². The van der Waals surface area contributed by atoms with Crippen molar-refractivity contribution >= 4 is 5.69 Å². The highest BCUT2D eigenvalue weighted by molar-refractivity contribution is 5.58. The molecule has 0 aliphatic carbocycles. The van der Waals surface area contributed by atoms with Gasteiger partial charge in [-0.2, -0.15) is 0 Å². The summed E-state index contributed by atoms with van der Waals surface area (Å²) in [4.78, 5) is 2.34. The van der Waals surface area contributed by atoms with Gasteiger partial charge in [-0.25, -0.2) is 0 Å². The van der Waals surface area contributed by atoms with Gasteiger partial charge in [0, 0.05) is 31.4 Å². The molecule has 1 aromatic carbocycles. The highest BCUT2D eigenvalue weighted by Gasteiger charge is 2.17. The van der Waals surface area contributed by atoms with Crippen molar-refractivity contribution in [3.05, 3.63) is 17.7 Å². The molecular weight excluding hydrogens is 232 g/mol. The predicted octanol–water partition coefficient (Wildman–Crippen LogP) is 0.872. The number of nitrogens with two attached hydrogens (primary N) is 1. The van der Waals surface area contributed by atoms with Crippen molar-refractivity contribution in [3.8, 4) is 11.5 Å². The predicted molar refractivity (Wildman–Crippen MR) is 67.9 cm³/mol. The first-order valence-corrected chi connectivity index (χ1v) is 6.31. The first-order valence-electron chi connectivity index (χ1n) is 6.31. The molecule has 0 saturated carbocycles. The molecule has 2 aliphatic rings. The van der Waals surface area contributed by atoms with E-state index in [1.165, 1.54) is 0 Å². The summed E-state index contributed by atoms with van der Waals surface area (Å²) in [7, 11) is 0. The van der Waals surface area contributed by atoms with E-state index < -0.39 is 0 Å². The van der Waals surface area contributed by atoms with E-state index in [9.17, 15) is 0 Å². The highest BCUT2D eigenvalue weighted by Crippen LogP contribution is 2.34. The Bertz CT molecular complexity index is 430. The van der Waals surface area contributed by atoms with E-state index in [4.69, 9.17) is 19.9 Å². The Hall–Kier alpha value is -1.46. The van der Waals surface area contributed by atoms with E-state index in [2.05, 4.69) is 4.90 Å². The van der Waals surface area contributed by atoms with Crippen molar-refractivity contribution < 1.29 is 14.2 Å². The third-order valence-electron chi connectivity index (χ3n) is 3.30. The van der Waals surface area contributed by atoms with Gasteiger partial charge in [-0.05, 0) is 11.6 Å². The molecule has 0 atom stereocenters. The van der Waals surface area contributed by atoms with E-state index in [0.29, 0.717) is 13.2 Å². The first kappa shape index (κ1) is 11.6. The minimum Gasteiger partial charge on any atom is -0.486 e. The molecule has 5 heteroatoms. The fraction of sp³-hybridized carbons (Fsp3) is 0.538. The van der Waals surface area contributed by atoms with Crippen LogP contribution in [0.3, 0.4) is 0 Å². The number of fused-ring (bicyclic) bond motifs is 1. The Morgan fingerprint density at radius 3 is 2.39 bits per heavy atom. The molecule has 0 spiro atoms. The van der Waals surface area contributed by atoms with Gasteiger partial charge in [0.2, 0.25) is 0 Å². The lowest BCUT2D eigenvalue weighted by Crippen LogP contribution is -2.35. The number of ether oxygens (including phenoxy) is 3. The van der Waals surface area contributed by atoms with Gasteiger partial charge in [0.05, 0.1) is 13.2 Å². The standard InChI is InChI=1S/C13H18N2O3/c14-11-8-13-12(17-5-6-18-13)7-10(11)9-15-1-3-16-4-2-15/h7-8H,1-6,9,14H2. The number of morpholine rings is 1. The second-order valence-electron chi connectivity index (χ2n) is 4.58. The summed E-state index contributed by atoms with van der Waals surface area (Å²) in [6, 6.07) is 3.86. The zero-order chi connectivity index (χ0) is 12.4. The van der Waals surface area contributed by atoms with Crippen LogP contribution in [0.5, 0.6) is 11.5 Å². The van der Waals surface area contributed by atoms with Crippen molar-refractivity contribution in [2.45, 2.75) is 6.54 Å². The van der Waals surface area contributed by atoms with E-state index in [-0.39, 0.29) is 0 Å². The molecule has 98 valence electrons. The lowest BCUT2D eigenvalue weighted by atomic mass is 10.1. The molecule has 3 rings (SSSR count). The van der Waals surface area contributed by atoms with Crippen LogP contribution in [0.4, 0.5) is 5.69 Å². The maximum absolute atomic E-state index is 6.07. The zero-order valence-corrected chi connectivity index (χ0v) is 10.4.